The van der Waals surface area contributed by atoms with Gasteiger partial charge in [-0.3, -0.25) is 9.89 Å². The summed E-state index contributed by atoms with van der Waals surface area (Å²) in [6, 6.07) is 11.5. The second-order valence-corrected chi connectivity index (χ2v) is 7.48. The van der Waals surface area contributed by atoms with Gasteiger partial charge in [-0.2, -0.15) is 5.10 Å². The molecule has 2 aromatic heterocycles. The van der Waals surface area contributed by atoms with Crippen LogP contribution in [0.3, 0.4) is 0 Å². The van der Waals surface area contributed by atoms with Crippen molar-refractivity contribution in [3.05, 3.63) is 90.0 Å². The van der Waals surface area contributed by atoms with Gasteiger partial charge in [0, 0.05) is 18.8 Å². The molecule has 0 radical (unpaired) electrons. The molecule has 2 heterocycles. The van der Waals surface area contributed by atoms with Crippen molar-refractivity contribution in [1.82, 2.24) is 25.5 Å². The van der Waals surface area contributed by atoms with Crippen molar-refractivity contribution < 1.29 is 23.1 Å². The highest BCUT2D eigenvalue weighted by atomic mass is 19.1. The van der Waals surface area contributed by atoms with Gasteiger partial charge in [0.25, 0.3) is 5.91 Å². The van der Waals surface area contributed by atoms with E-state index in [0.717, 1.165) is 0 Å². The van der Waals surface area contributed by atoms with Gasteiger partial charge in [-0.05, 0) is 54.1 Å². The molecule has 0 saturated heterocycles. The minimum atomic E-state index is -1.79. The van der Waals surface area contributed by atoms with E-state index in [9.17, 15) is 23.1 Å². The molecule has 0 saturated carbocycles. The summed E-state index contributed by atoms with van der Waals surface area (Å²) in [6.07, 6.45) is 1.10. The van der Waals surface area contributed by atoms with Gasteiger partial charge < -0.3 is 10.4 Å². The van der Waals surface area contributed by atoms with Crippen LogP contribution < -0.4 is 5.32 Å². The average molecular weight is 467 g/mol. The molecule has 0 aliphatic rings. The van der Waals surface area contributed by atoms with Crippen LogP contribution >= 0.6 is 0 Å². The lowest BCUT2D eigenvalue weighted by Crippen LogP contribution is -2.45. The quantitative estimate of drug-likeness (QED) is 0.368. The Bertz CT molecular complexity index is 1270. The number of carbonyl (C=O) groups is 1. The van der Waals surface area contributed by atoms with Crippen LogP contribution in [0.4, 0.5) is 13.2 Å². The number of H-pyrrole nitrogens is 1. The van der Waals surface area contributed by atoms with Gasteiger partial charge in [-0.25, -0.2) is 23.1 Å². The second kappa shape index (κ2) is 10.3. The van der Waals surface area contributed by atoms with Crippen LogP contribution in [0.5, 0.6) is 0 Å². The predicted molar refractivity (Wildman–Crippen MR) is 118 cm³/mol. The van der Waals surface area contributed by atoms with E-state index in [4.69, 9.17) is 0 Å². The summed E-state index contributed by atoms with van der Waals surface area (Å²) < 4.78 is 42.5. The third kappa shape index (κ3) is 5.12. The first kappa shape index (κ1) is 23.1. The maximum absolute atomic E-state index is 14.9. The molecule has 0 unspecified atom stereocenters. The van der Waals surface area contributed by atoms with E-state index < -0.39 is 36.4 Å². The maximum Gasteiger partial charge on any atom is 0.252 e. The smallest absolute Gasteiger partial charge is 0.252 e. The number of aromatic nitrogens is 4. The fourth-order valence-corrected chi connectivity index (χ4v) is 3.48. The molecule has 10 heteroatoms. The van der Waals surface area contributed by atoms with Crippen molar-refractivity contribution in [2.75, 3.05) is 6.61 Å². The van der Waals surface area contributed by atoms with Crippen molar-refractivity contribution in [2.24, 2.45) is 0 Å². The third-order valence-electron chi connectivity index (χ3n) is 5.20. The Labute approximate surface area is 192 Å². The minimum Gasteiger partial charge on any atom is -0.393 e. The number of aliphatic hydroxyl groups is 1. The molecule has 7 nitrogen and oxygen atoms in total. The van der Waals surface area contributed by atoms with E-state index in [1.165, 1.54) is 60.9 Å². The molecule has 2 atom stereocenters. The number of aliphatic hydroxyl groups excluding tert-OH is 1. The topological polar surface area (TPSA) is 104 Å². The monoisotopic (exact) mass is 467 g/mol. The molecule has 0 fully saturated rings. The lowest BCUT2D eigenvalue weighted by molar-refractivity contribution is 0.0868. The number of alkyl halides is 1. The number of carbonyl (C=O) groups excluding carboxylic acids is 1. The third-order valence-corrected chi connectivity index (χ3v) is 5.20. The molecule has 0 aliphatic carbocycles. The highest BCUT2D eigenvalue weighted by Crippen LogP contribution is 2.29. The summed E-state index contributed by atoms with van der Waals surface area (Å²) in [5.41, 5.74) is 1.10. The van der Waals surface area contributed by atoms with Crippen LogP contribution in [0.1, 0.15) is 16.2 Å². The molecule has 174 valence electrons. The number of rotatable bonds is 8. The first-order valence-electron chi connectivity index (χ1n) is 10.4. The predicted octanol–water partition coefficient (Wildman–Crippen LogP) is 3.48. The molecule has 0 spiro atoms. The summed E-state index contributed by atoms with van der Waals surface area (Å²) in [6.45, 7) is -0.825. The molecule has 4 aromatic rings. The van der Waals surface area contributed by atoms with Gasteiger partial charge in [0.15, 0.2) is 0 Å². The highest BCUT2D eigenvalue weighted by molar-refractivity contribution is 6.01. The van der Waals surface area contributed by atoms with Crippen LogP contribution in [-0.2, 0) is 6.42 Å². The first-order valence-corrected chi connectivity index (χ1v) is 10.4. The summed E-state index contributed by atoms with van der Waals surface area (Å²) in [5.74, 6) is -1.58. The van der Waals surface area contributed by atoms with Crippen LogP contribution in [0, 0.1) is 11.6 Å². The number of nitrogens with zero attached hydrogens (tertiary/aromatic N) is 3. The highest BCUT2D eigenvalue weighted by Gasteiger charge is 2.27. The SMILES string of the molecule is O=C(N[C@H](Cc1ncccn1)[C@H](F)CO)c1cccc(F)c1-c1cc(-c2ccc(F)cc2)[nH]n1. The number of hydrogen-bond donors (Lipinski definition) is 3. The standard InChI is InChI=1S/C24H20F3N5O2/c25-15-7-5-14(6-8-15)19-11-21(32-31-19)23-16(3-1-4-17(23)26)24(34)30-20(18(27)13-33)12-22-28-9-2-10-29-22/h1-11,18,20,33H,12-13H2,(H,30,34)(H,31,32)/t18-,20-/m1/s1. The van der Waals surface area contributed by atoms with Gasteiger partial charge in [-0.1, -0.05) is 6.07 Å². The van der Waals surface area contributed by atoms with Crippen LogP contribution in [0.25, 0.3) is 22.5 Å². The number of hydrogen-bond acceptors (Lipinski definition) is 5. The van der Waals surface area contributed by atoms with Crippen LogP contribution in [-0.4, -0.2) is 50.0 Å². The number of amides is 1. The lowest BCUT2D eigenvalue weighted by Gasteiger charge is -2.21. The molecular formula is C24H20F3N5O2. The Hall–Kier alpha value is -4.05. The molecule has 1 amide bonds. The van der Waals surface area contributed by atoms with E-state index in [1.54, 1.807) is 6.07 Å². The minimum absolute atomic E-state index is 0.0683. The Balaban J connectivity index is 1.63. The van der Waals surface area contributed by atoms with E-state index in [1.807, 2.05) is 0 Å². The zero-order chi connectivity index (χ0) is 24.1. The van der Waals surface area contributed by atoms with Crippen molar-refractivity contribution in [3.8, 4) is 22.5 Å². The number of aromatic amines is 1. The Morgan fingerprint density at radius 1 is 1.06 bits per heavy atom. The Morgan fingerprint density at radius 3 is 2.50 bits per heavy atom. The van der Waals surface area contributed by atoms with Crippen molar-refractivity contribution >= 4 is 5.91 Å². The van der Waals surface area contributed by atoms with Crippen molar-refractivity contribution in [2.45, 2.75) is 18.6 Å². The van der Waals surface area contributed by atoms with E-state index in [0.29, 0.717) is 11.3 Å². The molecule has 3 N–H and O–H groups in total. The van der Waals surface area contributed by atoms with Gasteiger partial charge in [-0.15, -0.1) is 0 Å². The average Bonchev–Trinajstić information content (AvgIpc) is 3.33. The van der Waals surface area contributed by atoms with E-state index >= 15 is 0 Å². The van der Waals surface area contributed by atoms with Crippen LogP contribution in [0.2, 0.25) is 0 Å². The number of nitrogens with one attached hydrogen (secondary N) is 2. The van der Waals surface area contributed by atoms with E-state index in [2.05, 4.69) is 25.5 Å². The fourth-order valence-electron chi connectivity index (χ4n) is 3.48. The second-order valence-electron chi connectivity index (χ2n) is 7.48. The lowest BCUT2D eigenvalue weighted by atomic mass is 10.0. The summed E-state index contributed by atoms with van der Waals surface area (Å²) in [4.78, 5) is 21.1. The molecule has 34 heavy (non-hydrogen) atoms. The van der Waals surface area contributed by atoms with Gasteiger partial charge in [0.2, 0.25) is 0 Å². The summed E-state index contributed by atoms with van der Waals surface area (Å²) >= 11 is 0. The van der Waals surface area contributed by atoms with E-state index in [-0.39, 0.29) is 29.1 Å². The zero-order valence-electron chi connectivity index (χ0n) is 17.8. The summed E-state index contributed by atoms with van der Waals surface area (Å²) in [5, 5.41) is 18.7. The first-order chi connectivity index (χ1) is 16.5. The largest absolute Gasteiger partial charge is 0.393 e. The number of benzene rings is 2. The Kier molecular flexibility index (Phi) is 6.98. The van der Waals surface area contributed by atoms with Crippen LogP contribution in [0.15, 0.2) is 67.0 Å². The zero-order valence-corrected chi connectivity index (χ0v) is 17.8. The molecule has 0 bridgehead atoms. The fraction of sp³-hybridized carbons (Fsp3) is 0.167. The molecule has 0 aliphatic heterocycles. The van der Waals surface area contributed by atoms with Gasteiger partial charge in [0.1, 0.15) is 23.6 Å². The van der Waals surface area contributed by atoms with Gasteiger partial charge in [0.05, 0.1) is 35.2 Å². The van der Waals surface area contributed by atoms with Gasteiger partial charge >= 0.3 is 0 Å². The Morgan fingerprint density at radius 2 is 1.79 bits per heavy atom. The number of halogens is 3. The molecular weight excluding hydrogens is 447 g/mol. The van der Waals surface area contributed by atoms with Crippen molar-refractivity contribution in [3.63, 3.8) is 0 Å². The van der Waals surface area contributed by atoms with Crippen molar-refractivity contribution in [1.29, 1.82) is 0 Å². The maximum atomic E-state index is 14.9. The molecule has 4 rings (SSSR count). The normalized spacial score (nSPS) is 12.8. The molecule has 2 aromatic carbocycles. The summed E-state index contributed by atoms with van der Waals surface area (Å²) in [7, 11) is 0.